The van der Waals surface area contributed by atoms with Gasteiger partial charge in [0.15, 0.2) is 11.5 Å². The van der Waals surface area contributed by atoms with Gasteiger partial charge in [-0.2, -0.15) is 0 Å². The largest absolute Gasteiger partial charge is 0.486 e. The number of hydrogen-bond donors (Lipinski definition) is 2. The number of benzene rings is 2. The number of ether oxygens (including phenoxy) is 3. The minimum Gasteiger partial charge on any atom is -0.486 e. The van der Waals surface area contributed by atoms with E-state index in [1.165, 1.54) is 49.7 Å². The molecule has 2 aromatic carbocycles. The Morgan fingerprint density at radius 1 is 0.968 bits per heavy atom. The maximum atomic E-state index is 12.7. The molecule has 0 fully saturated rings. The van der Waals surface area contributed by atoms with Crippen LogP contribution in [-0.2, 0) is 10.0 Å². The summed E-state index contributed by atoms with van der Waals surface area (Å²) in [6.07, 6.45) is 1.48. The van der Waals surface area contributed by atoms with Gasteiger partial charge in [0.1, 0.15) is 13.2 Å². The molecule has 0 spiro atoms. The van der Waals surface area contributed by atoms with Gasteiger partial charge in [0.05, 0.1) is 23.9 Å². The lowest BCUT2D eigenvalue weighted by atomic mass is 10.2. The van der Waals surface area contributed by atoms with E-state index >= 15 is 0 Å². The maximum Gasteiger partial charge on any atom is 0.262 e. The molecule has 160 valence electrons. The molecule has 10 heteroatoms. The molecule has 4 rings (SSSR count). The number of hydrogen-bond acceptors (Lipinski definition) is 7. The number of nitrogens with zero attached hydrogens (tertiary/aromatic N) is 1. The molecular weight excluding hydrogens is 422 g/mol. The van der Waals surface area contributed by atoms with E-state index < -0.39 is 10.0 Å². The number of aromatic nitrogens is 1. The lowest BCUT2D eigenvalue weighted by Gasteiger charge is -2.19. The fraction of sp³-hybridized carbons (Fsp3) is 0.143. The van der Waals surface area contributed by atoms with Gasteiger partial charge in [-0.15, -0.1) is 0 Å². The number of pyridine rings is 1. The highest BCUT2D eigenvalue weighted by Crippen LogP contribution is 2.32. The maximum absolute atomic E-state index is 12.7. The van der Waals surface area contributed by atoms with Crippen molar-refractivity contribution < 1.29 is 27.4 Å². The standard InChI is InChI=1S/C21H19N3O6S/c1-28-20-9-6-16(13-22-20)23-21(25)14-2-4-15(5-3-14)24-31(26,27)17-7-8-18-19(12-17)30-11-10-29-18/h2-9,12-13,24H,10-11H2,1H3,(H,23,25). The quantitative estimate of drug-likeness (QED) is 0.604. The number of carbonyl (C=O) groups excluding carboxylic acids is 1. The van der Waals surface area contributed by atoms with E-state index in [9.17, 15) is 13.2 Å². The van der Waals surface area contributed by atoms with Crippen LogP contribution < -0.4 is 24.2 Å². The van der Waals surface area contributed by atoms with Gasteiger partial charge in [0.25, 0.3) is 15.9 Å². The normalized spacial score (nSPS) is 12.7. The second-order valence-electron chi connectivity index (χ2n) is 6.53. The van der Waals surface area contributed by atoms with Crippen LogP contribution in [0.5, 0.6) is 17.4 Å². The average Bonchev–Trinajstić information content (AvgIpc) is 2.79. The van der Waals surface area contributed by atoms with Crippen LogP contribution in [0.1, 0.15) is 10.4 Å². The summed E-state index contributed by atoms with van der Waals surface area (Å²) < 4.78 is 43.7. The molecule has 2 N–H and O–H groups in total. The Balaban J connectivity index is 1.44. The predicted molar refractivity (Wildman–Crippen MR) is 113 cm³/mol. The fourth-order valence-electron chi connectivity index (χ4n) is 2.87. The number of rotatable bonds is 6. The Hall–Kier alpha value is -3.79. The summed E-state index contributed by atoms with van der Waals surface area (Å²) in [5.74, 6) is 0.975. The molecule has 0 unspecified atom stereocenters. The smallest absolute Gasteiger partial charge is 0.262 e. The van der Waals surface area contributed by atoms with Gasteiger partial charge in [-0.25, -0.2) is 13.4 Å². The fourth-order valence-corrected chi connectivity index (χ4v) is 3.95. The van der Waals surface area contributed by atoms with Crippen molar-refractivity contribution in [1.82, 2.24) is 4.98 Å². The zero-order valence-electron chi connectivity index (χ0n) is 16.5. The molecule has 3 aromatic rings. The van der Waals surface area contributed by atoms with Gasteiger partial charge in [0, 0.05) is 23.4 Å². The van der Waals surface area contributed by atoms with E-state index in [-0.39, 0.29) is 10.8 Å². The Morgan fingerprint density at radius 2 is 1.68 bits per heavy atom. The number of fused-ring (bicyclic) bond motifs is 1. The van der Waals surface area contributed by atoms with E-state index in [4.69, 9.17) is 14.2 Å². The van der Waals surface area contributed by atoms with E-state index in [0.29, 0.717) is 47.5 Å². The highest BCUT2D eigenvalue weighted by Gasteiger charge is 2.19. The number of amides is 1. The minimum absolute atomic E-state index is 0.0468. The Kier molecular flexibility index (Phi) is 5.63. The zero-order valence-corrected chi connectivity index (χ0v) is 17.3. The van der Waals surface area contributed by atoms with Crippen molar-refractivity contribution >= 4 is 27.3 Å². The van der Waals surface area contributed by atoms with Crippen molar-refractivity contribution in [3.05, 3.63) is 66.4 Å². The Bertz CT molecular complexity index is 1190. The molecule has 1 aromatic heterocycles. The first kappa shape index (κ1) is 20.5. The SMILES string of the molecule is COc1ccc(NC(=O)c2ccc(NS(=O)(=O)c3ccc4c(c3)OCCO4)cc2)cn1. The monoisotopic (exact) mass is 441 g/mol. The topological polar surface area (TPSA) is 116 Å². The van der Waals surface area contributed by atoms with E-state index in [1.807, 2.05) is 0 Å². The molecule has 1 amide bonds. The third-order valence-electron chi connectivity index (χ3n) is 4.43. The average molecular weight is 441 g/mol. The van der Waals surface area contributed by atoms with E-state index in [2.05, 4.69) is 15.0 Å². The van der Waals surface area contributed by atoms with Crippen LogP contribution in [0.3, 0.4) is 0 Å². The molecule has 0 bridgehead atoms. The van der Waals surface area contributed by atoms with E-state index in [0.717, 1.165) is 0 Å². The van der Waals surface area contributed by atoms with Gasteiger partial charge in [-0.1, -0.05) is 0 Å². The molecular formula is C21H19N3O6S. The number of sulfonamides is 1. The third kappa shape index (κ3) is 4.69. The van der Waals surface area contributed by atoms with Crippen LogP contribution in [-0.4, -0.2) is 39.6 Å². The number of anilines is 2. The number of methoxy groups -OCH3 is 1. The van der Waals surface area contributed by atoms with Gasteiger partial charge < -0.3 is 19.5 Å². The van der Waals surface area contributed by atoms with Crippen molar-refractivity contribution in [1.29, 1.82) is 0 Å². The van der Waals surface area contributed by atoms with Gasteiger partial charge in [-0.05, 0) is 42.5 Å². The summed E-state index contributed by atoms with van der Waals surface area (Å²) in [5.41, 5.74) is 1.19. The second kappa shape index (κ2) is 8.52. The van der Waals surface area contributed by atoms with Crippen LogP contribution >= 0.6 is 0 Å². The second-order valence-corrected chi connectivity index (χ2v) is 8.21. The van der Waals surface area contributed by atoms with E-state index in [1.54, 1.807) is 18.2 Å². The summed E-state index contributed by atoms with van der Waals surface area (Å²) in [5, 5.41) is 2.71. The molecule has 31 heavy (non-hydrogen) atoms. The van der Waals surface area contributed by atoms with Crippen molar-refractivity contribution in [3.63, 3.8) is 0 Å². The van der Waals surface area contributed by atoms with Gasteiger partial charge >= 0.3 is 0 Å². The van der Waals surface area contributed by atoms with Crippen LogP contribution in [0.2, 0.25) is 0 Å². The predicted octanol–water partition coefficient (Wildman–Crippen LogP) is 2.91. The molecule has 2 heterocycles. The third-order valence-corrected chi connectivity index (χ3v) is 5.81. The highest BCUT2D eigenvalue weighted by molar-refractivity contribution is 7.92. The molecule has 1 aliphatic heterocycles. The van der Waals surface area contributed by atoms with Crippen LogP contribution in [0.15, 0.2) is 65.7 Å². The van der Waals surface area contributed by atoms with Crippen LogP contribution in [0.4, 0.5) is 11.4 Å². The summed E-state index contributed by atoms with van der Waals surface area (Å²) in [7, 11) is -2.34. The van der Waals surface area contributed by atoms with Crippen LogP contribution in [0, 0.1) is 0 Å². The lowest BCUT2D eigenvalue weighted by molar-refractivity contribution is 0.102. The first-order valence-electron chi connectivity index (χ1n) is 9.28. The molecule has 0 aliphatic carbocycles. The zero-order chi connectivity index (χ0) is 21.8. The van der Waals surface area contributed by atoms with Gasteiger partial charge in [0.2, 0.25) is 5.88 Å². The van der Waals surface area contributed by atoms with Crippen molar-refractivity contribution in [2.45, 2.75) is 4.90 Å². The van der Waals surface area contributed by atoms with Crippen molar-refractivity contribution in [3.8, 4) is 17.4 Å². The van der Waals surface area contributed by atoms with Crippen molar-refractivity contribution in [2.24, 2.45) is 0 Å². The molecule has 0 saturated carbocycles. The molecule has 0 radical (unpaired) electrons. The molecule has 9 nitrogen and oxygen atoms in total. The minimum atomic E-state index is -3.84. The van der Waals surface area contributed by atoms with Crippen LogP contribution in [0.25, 0.3) is 0 Å². The number of carbonyl (C=O) groups is 1. The highest BCUT2D eigenvalue weighted by atomic mass is 32.2. The first-order chi connectivity index (χ1) is 14.9. The van der Waals surface area contributed by atoms with Crippen molar-refractivity contribution in [2.75, 3.05) is 30.4 Å². The first-order valence-corrected chi connectivity index (χ1v) is 10.8. The molecule has 1 aliphatic rings. The summed E-state index contributed by atoms with van der Waals surface area (Å²) >= 11 is 0. The summed E-state index contributed by atoms with van der Waals surface area (Å²) in [4.78, 5) is 16.5. The Labute approximate surface area is 179 Å². The lowest BCUT2D eigenvalue weighted by Crippen LogP contribution is -2.17. The summed E-state index contributed by atoms with van der Waals surface area (Å²) in [6.45, 7) is 0.784. The molecule has 0 atom stereocenters. The Morgan fingerprint density at radius 3 is 2.35 bits per heavy atom. The summed E-state index contributed by atoms with van der Waals surface area (Å²) in [6, 6.07) is 13.8. The molecule has 0 saturated heterocycles. The van der Waals surface area contributed by atoms with Gasteiger partial charge in [-0.3, -0.25) is 9.52 Å². The number of nitrogens with one attached hydrogen (secondary N) is 2.